The van der Waals surface area contributed by atoms with Crippen molar-refractivity contribution in [3.05, 3.63) is 63.9 Å². The van der Waals surface area contributed by atoms with E-state index >= 15 is 0 Å². The normalized spacial score (nSPS) is 10.7. The van der Waals surface area contributed by atoms with E-state index in [2.05, 4.69) is 12.2 Å². The first kappa shape index (κ1) is 15.8. The molecule has 0 radical (unpaired) electrons. The highest BCUT2D eigenvalue weighted by atomic mass is 35.5. The van der Waals surface area contributed by atoms with E-state index < -0.39 is 0 Å². The van der Waals surface area contributed by atoms with Crippen LogP contribution in [0.25, 0.3) is 0 Å². The summed E-state index contributed by atoms with van der Waals surface area (Å²) in [4.78, 5) is 0. The van der Waals surface area contributed by atoms with Crippen molar-refractivity contribution < 1.29 is 9.13 Å². The molecule has 4 heteroatoms. The van der Waals surface area contributed by atoms with E-state index in [0.29, 0.717) is 17.4 Å². The van der Waals surface area contributed by atoms with Gasteiger partial charge in [0.15, 0.2) is 0 Å². The minimum absolute atomic E-state index is 0.234. The molecule has 2 aromatic carbocycles. The number of halogens is 2. The van der Waals surface area contributed by atoms with Gasteiger partial charge in [0.1, 0.15) is 18.2 Å². The van der Waals surface area contributed by atoms with Crippen LogP contribution in [0.15, 0.2) is 36.4 Å². The molecule has 112 valence electrons. The van der Waals surface area contributed by atoms with Gasteiger partial charge in [0.2, 0.25) is 0 Å². The van der Waals surface area contributed by atoms with Gasteiger partial charge in [0.05, 0.1) is 5.02 Å². The van der Waals surface area contributed by atoms with Gasteiger partial charge in [-0.1, -0.05) is 30.7 Å². The third kappa shape index (κ3) is 4.45. The molecule has 0 heterocycles. The van der Waals surface area contributed by atoms with Crippen LogP contribution in [-0.4, -0.2) is 6.54 Å². The maximum atomic E-state index is 13.1. The predicted molar refractivity (Wildman–Crippen MR) is 84.3 cm³/mol. The van der Waals surface area contributed by atoms with Gasteiger partial charge in [0.25, 0.3) is 0 Å². The summed E-state index contributed by atoms with van der Waals surface area (Å²) < 4.78 is 18.8. The Morgan fingerprint density at radius 3 is 2.67 bits per heavy atom. The Morgan fingerprint density at radius 1 is 1.19 bits per heavy atom. The van der Waals surface area contributed by atoms with E-state index in [-0.39, 0.29) is 5.82 Å². The lowest BCUT2D eigenvalue weighted by atomic mass is 10.1. The fourth-order valence-corrected chi connectivity index (χ4v) is 2.28. The molecule has 0 aliphatic rings. The molecule has 0 unspecified atom stereocenters. The molecule has 0 bridgehead atoms. The van der Waals surface area contributed by atoms with Crippen molar-refractivity contribution in [1.29, 1.82) is 0 Å². The van der Waals surface area contributed by atoms with Gasteiger partial charge in [-0.15, -0.1) is 0 Å². The second kappa shape index (κ2) is 7.43. The Balaban J connectivity index is 2.02. The molecule has 0 fully saturated rings. The van der Waals surface area contributed by atoms with Crippen molar-refractivity contribution in [2.75, 3.05) is 6.54 Å². The Hall–Kier alpha value is -1.58. The van der Waals surface area contributed by atoms with E-state index in [1.54, 1.807) is 6.07 Å². The molecule has 2 nitrogen and oxygen atoms in total. The molecule has 0 aromatic heterocycles. The predicted octanol–water partition coefficient (Wildman–Crippen LogP) is 4.48. The van der Waals surface area contributed by atoms with Crippen LogP contribution in [0.4, 0.5) is 4.39 Å². The molecule has 0 aliphatic carbocycles. The lowest BCUT2D eigenvalue weighted by molar-refractivity contribution is 0.305. The molecule has 1 N–H and O–H groups in total. The van der Waals surface area contributed by atoms with E-state index in [4.69, 9.17) is 16.3 Å². The van der Waals surface area contributed by atoms with Crippen LogP contribution in [0.5, 0.6) is 5.75 Å². The summed E-state index contributed by atoms with van der Waals surface area (Å²) in [5.41, 5.74) is 2.94. The summed E-state index contributed by atoms with van der Waals surface area (Å²) in [6.07, 6.45) is 0. The Labute approximate surface area is 129 Å². The molecular weight excluding hydrogens is 289 g/mol. The van der Waals surface area contributed by atoms with Gasteiger partial charge in [-0.2, -0.15) is 0 Å². The summed E-state index contributed by atoms with van der Waals surface area (Å²) in [7, 11) is 0. The highest BCUT2D eigenvalue weighted by Gasteiger charge is 2.05. The van der Waals surface area contributed by atoms with Crippen molar-refractivity contribution in [2.24, 2.45) is 0 Å². The Morgan fingerprint density at radius 2 is 2.00 bits per heavy atom. The number of aryl methyl sites for hydroxylation is 1. The summed E-state index contributed by atoms with van der Waals surface area (Å²) in [6, 6.07) is 10.4. The smallest absolute Gasteiger partial charge is 0.138 e. The maximum absolute atomic E-state index is 13.1. The lowest BCUT2D eigenvalue weighted by Gasteiger charge is -2.11. The van der Waals surface area contributed by atoms with Crippen LogP contribution in [0.2, 0.25) is 5.02 Å². The number of ether oxygens (including phenoxy) is 1. The number of hydrogen-bond donors (Lipinski definition) is 1. The van der Waals surface area contributed by atoms with Crippen molar-refractivity contribution in [3.8, 4) is 5.75 Å². The van der Waals surface area contributed by atoms with Gasteiger partial charge in [-0.25, -0.2) is 4.39 Å². The van der Waals surface area contributed by atoms with Crippen molar-refractivity contribution in [2.45, 2.75) is 27.0 Å². The zero-order chi connectivity index (χ0) is 15.2. The lowest BCUT2D eigenvalue weighted by Crippen LogP contribution is -2.11. The van der Waals surface area contributed by atoms with E-state index in [1.165, 1.54) is 12.1 Å². The maximum Gasteiger partial charge on any atom is 0.138 e. The summed E-state index contributed by atoms with van der Waals surface area (Å²) in [5.74, 6) is 0.405. The molecule has 0 aliphatic heterocycles. The number of benzene rings is 2. The van der Waals surface area contributed by atoms with Gasteiger partial charge >= 0.3 is 0 Å². The van der Waals surface area contributed by atoms with Crippen molar-refractivity contribution in [1.82, 2.24) is 5.32 Å². The monoisotopic (exact) mass is 307 g/mol. The molecule has 0 saturated heterocycles. The first-order chi connectivity index (χ1) is 10.1. The van der Waals surface area contributed by atoms with Gasteiger partial charge in [0, 0.05) is 6.54 Å². The van der Waals surface area contributed by atoms with Crippen LogP contribution in [0.3, 0.4) is 0 Å². The quantitative estimate of drug-likeness (QED) is 0.850. The van der Waals surface area contributed by atoms with Gasteiger partial charge < -0.3 is 10.1 Å². The first-order valence-corrected chi connectivity index (χ1v) is 7.35. The van der Waals surface area contributed by atoms with Crippen LogP contribution in [-0.2, 0) is 13.2 Å². The fraction of sp³-hybridized carbons (Fsp3) is 0.294. The minimum atomic E-state index is -0.234. The number of rotatable bonds is 6. The van der Waals surface area contributed by atoms with Gasteiger partial charge in [-0.3, -0.25) is 0 Å². The molecule has 0 saturated carbocycles. The summed E-state index contributed by atoms with van der Waals surface area (Å²) in [5, 5.41) is 3.83. The SMILES string of the molecule is CCNCc1ccc(OCc2ccc(F)cc2C)c(Cl)c1. The minimum Gasteiger partial charge on any atom is -0.487 e. The van der Waals surface area contributed by atoms with Crippen LogP contribution < -0.4 is 10.1 Å². The van der Waals surface area contributed by atoms with Crippen LogP contribution in [0.1, 0.15) is 23.6 Å². The summed E-state index contributed by atoms with van der Waals surface area (Å²) in [6.45, 7) is 6.00. The highest BCUT2D eigenvalue weighted by Crippen LogP contribution is 2.26. The van der Waals surface area contributed by atoms with E-state index in [9.17, 15) is 4.39 Å². The molecule has 0 atom stereocenters. The highest BCUT2D eigenvalue weighted by molar-refractivity contribution is 6.32. The van der Waals surface area contributed by atoms with Crippen LogP contribution >= 0.6 is 11.6 Å². The number of hydrogen-bond acceptors (Lipinski definition) is 2. The summed E-state index contributed by atoms with van der Waals surface area (Å²) >= 11 is 6.23. The largest absolute Gasteiger partial charge is 0.487 e. The van der Waals surface area contributed by atoms with Crippen molar-refractivity contribution >= 4 is 11.6 Å². The molecular formula is C17H19ClFNO. The second-order valence-electron chi connectivity index (χ2n) is 4.90. The zero-order valence-electron chi connectivity index (χ0n) is 12.2. The molecule has 2 rings (SSSR count). The standard InChI is InChI=1S/C17H19ClFNO/c1-3-20-10-13-4-7-17(16(18)9-13)21-11-14-5-6-15(19)8-12(14)2/h4-9,20H,3,10-11H2,1-2H3. The van der Waals surface area contributed by atoms with Crippen LogP contribution in [0, 0.1) is 12.7 Å². The molecule has 2 aromatic rings. The Kier molecular flexibility index (Phi) is 5.59. The third-order valence-corrected chi connectivity index (χ3v) is 3.56. The second-order valence-corrected chi connectivity index (χ2v) is 5.31. The van der Waals surface area contributed by atoms with E-state index in [0.717, 1.165) is 29.8 Å². The average Bonchev–Trinajstić information content (AvgIpc) is 2.45. The van der Waals surface area contributed by atoms with E-state index in [1.807, 2.05) is 25.1 Å². The molecule has 0 spiro atoms. The van der Waals surface area contributed by atoms with Crippen molar-refractivity contribution in [3.63, 3.8) is 0 Å². The average molecular weight is 308 g/mol. The Bertz CT molecular complexity index is 616. The third-order valence-electron chi connectivity index (χ3n) is 3.26. The fourth-order valence-electron chi connectivity index (χ4n) is 2.02. The topological polar surface area (TPSA) is 21.3 Å². The molecule has 21 heavy (non-hydrogen) atoms. The first-order valence-electron chi connectivity index (χ1n) is 6.97. The molecule has 0 amide bonds. The zero-order valence-corrected chi connectivity index (χ0v) is 13.0. The van der Waals surface area contributed by atoms with Gasteiger partial charge in [-0.05, 0) is 54.4 Å². The number of nitrogens with one attached hydrogen (secondary N) is 1.